The van der Waals surface area contributed by atoms with Crippen LogP contribution in [-0.2, 0) is 14.8 Å². The normalized spacial score (nSPS) is 13.4. The van der Waals surface area contributed by atoms with E-state index in [1.165, 1.54) is 0 Å². The fourth-order valence-corrected chi connectivity index (χ4v) is 0.960. The molecule has 3 N–H and O–H groups in total. The quantitative estimate of drug-likeness (QED) is 0.263. The molecule has 0 saturated heterocycles. The maximum Gasteiger partial charge on any atom is 0.0908 e. The van der Waals surface area contributed by atoms with E-state index < -0.39 is 5.92 Å². The fourth-order valence-electron chi connectivity index (χ4n) is 0.960. The molecule has 0 aliphatic heterocycles. The third-order valence-corrected chi connectivity index (χ3v) is 2.04. The Morgan fingerprint density at radius 2 is 1.53 bits per heavy atom. The van der Waals surface area contributed by atoms with Gasteiger partial charge in [0, 0.05) is 31.7 Å². The predicted molar refractivity (Wildman–Crippen MR) is 51.5 cm³/mol. The zero-order valence-corrected chi connectivity index (χ0v) is 8.96. The van der Waals surface area contributed by atoms with Crippen molar-refractivity contribution in [3.05, 3.63) is 0 Å². The molecule has 0 spiro atoms. The molecule has 0 amide bonds. The maximum absolute atomic E-state index is 8.96. The molecular formula is C9H20O6. The molecule has 92 valence electrons. The van der Waals surface area contributed by atoms with Crippen LogP contribution in [0.25, 0.3) is 0 Å². The van der Waals surface area contributed by atoms with Gasteiger partial charge in [0.15, 0.2) is 0 Å². The van der Waals surface area contributed by atoms with Gasteiger partial charge in [0.2, 0.25) is 0 Å². The summed E-state index contributed by atoms with van der Waals surface area (Å²) < 4.78 is 0. The highest BCUT2D eigenvalue weighted by Gasteiger charge is 2.20. The van der Waals surface area contributed by atoms with Gasteiger partial charge in [-0.15, -0.1) is 0 Å². The molecule has 0 aromatic rings. The lowest BCUT2D eigenvalue weighted by Gasteiger charge is -2.20. The summed E-state index contributed by atoms with van der Waals surface area (Å²) in [7, 11) is 0. The topological polar surface area (TPSA) is 88.4 Å². The Balaban J connectivity index is 3.60. The molecule has 0 bridgehead atoms. The first kappa shape index (κ1) is 14.8. The van der Waals surface area contributed by atoms with Crippen LogP contribution in [0.1, 0.15) is 13.3 Å². The molecule has 0 aliphatic carbocycles. The van der Waals surface area contributed by atoms with Crippen molar-refractivity contribution < 1.29 is 30.1 Å². The second-order valence-electron chi connectivity index (χ2n) is 3.24. The number of aliphatic hydroxyl groups is 3. The van der Waals surface area contributed by atoms with E-state index in [0.717, 1.165) is 6.42 Å². The molecule has 6 nitrogen and oxygen atoms in total. The maximum atomic E-state index is 8.96. The first-order valence-electron chi connectivity index (χ1n) is 5.03. The second-order valence-corrected chi connectivity index (χ2v) is 3.24. The summed E-state index contributed by atoms with van der Waals surface area (Å²) in [5.41, 5.74) is 0. The SMILES string of the molecule is CCCOOOCC(CO)C(CO)CO. The van der Waals surface area contributed by atoms with Crippen LogP contribution < -0.4 is 0 Å². The second kappa shape index (κ2) is 10.3. The molecule has 15 heavy (non-hydrogen) atoms. The van der Waals surface area contributed by atoms with Crippen molar-refractivity contribution in [2.75, 3.05) is 33.0 Å². The van der Waals surface area contributed by atoms with E-state index in [4.69, 9.17) is 15.3 Å². The van der Waals surface area contributed by atoms with Crippen LogP contribution >= 0.6 is 0 Å². The van der Waals surface area contributed by atoms with E-state index in [-0.39, 0.29) is 32.3 Å². The Kier molecular flexibility index (Phi) is 10.1. The van der Waals surface area contributed by atoms with Crippen molar-refractivity contribution in [3.63, 3.8) is 0 Å². The van der Waals surface area contributed by atoms with Gasteiger partial charge in [0.1, 0.15) is 0 Å². The lowest BCUT2D eigenvalue weighted by Crippen LogP contribution is -2.29. The monoisotopic (exact) mass is 224 g/mol. The lowest BCUT2D eigenvalue weighted by atomic mass is 9.95. The van der Waals surface area contributed by atoms with Gasteiger partial charge in [-0.3, -0.25) is 0 Å². The average molecular weight is 224 g/mol. The summed E-state index contributed by atoms with van der Waals surface area (Å²) in [5, 5.41) is 31.1. The van der Waals surface area contributed by atoms with Crippen LogP contribution in [0.15, 0.2) is 0 Å². The highest BCUT2D eigenvalue weighted by atomic mass is 17.5. The van der Waals surface area contributed by atoms with E-state index in [2.05, 4.69) is 14.8 Å². The van der Waals surface area contributed by atoms with E-state index in [1.807, 2.05) is 6.92 Å². The summed E-state index contributed by atoms with van der Waals surface area (Å²) in [6.07, 6.45) is 0.808. The van der Waals surface area contributed by atoms with Crippen LogP contribution in [-0.4, -0.2) is 48.4 Å². The summed E-state index contributed by atoms with van der Waals surface area (Å²) in [5.74, 6) is -0.782. The van der Waals surface area contributed by atoms with Crippen molar-refractivity contribution in [1.82, 2.24) is 0 Å². The van der Waals surface area contributed by atoms with Crippen molar-refractivity contribution in [1.29, 1.82) is 0 Å². The van der Waals surface area contributed by atoms with Crippen LogP contribution in [0.2, 0.25) is 0 Å². The van der Waals surface area contributed by atoms with Gasteiger partial charge in [-0.05, 0) is 6.42 Å². The number of hydrogen-bond donors (Lipinski definition) is 3. The smallest absolute Gasteiger partial charge is 0.0908 e. The molecule has 0 saturated carbocycles. The molecule has 1 atom stereocenters. The van der Waals surface area contributed by atoms with E-state index >= 15 is 0 Å². The largest absolute Gasteiger partial charge is 0.396 e. The van der Waals surface area contributed by atoms with Crippen molar-refractivity contribution in [3.8, 4) is 0 Å². The van der Waals surface area contributed by atoms with Gasteiger partial charge in [0.05, 0.1) is 13.2 Å². The zero-order valence-electron chi connectivity index (χ0n) is 8.96. The van der Waals surface area contributed by atoms with E-state index in [9.17, 15) is 0 Å². The minimum atomic E-state index is -0.412. The Bertz CT molecular complexity index is 128. The van der Waals surface area contributed by atoms with Crippen LogP contribution in [0.3, 0.4) is 0 Å². The minimum Gasteiger partial charge on any atom is -0.396 e. The van der Waals surface area contributed by atoms with E-state index in [0.29, 0.717) is 6.61 Å². The molecular weight excluding hydrogens is 204 g/mol. The van der Waals surface area contributed by atoms with Crippen molar-refractivity contribution >= 4 is 0 Å². The highest BCUT2D eigenvalue weighted by Crippen LogP contribution is 2.11. The van der Waals surface area contributed by atoms with Crippen LogP contribution in [0.5, 0.6) is 0 Å². The molecule has 0 heterocycles. The molecule has 6 heteroatoms. The van der Waals surface area contributed by atoms with Gasteiger partial charge in [-0.2, -0.15) is 0 Å². The Morgan fingerprint density at radius 1 is 0.933 bits per heavy atom. The number of hydrogen-bond acceptors (Lipinski definition) is 6. The third-order valence-electron chi connectivity index (χ3n) is 2.04. The summed E-state index contributed by atoms with van der Waals surface area (Å²) in [4.78, 5) is 9.26. The number of rotatable bonds is 10. The standard InChI is InChI=1S/C9H20O6/c1-2-3-13-15-14-7-9(6-12)8(4-10)5-11/h8-12H,2-7H2,1H3. The Labute approximate surface area is 89.2 Å². The molecule has 0 radical (unpaired) electrons. The first-order chi connectivity index (χ1) is 7.29. The van der Waals surface area contributed by atoms with Gasteiger partial charge >= 0.3 is 0 Å². The molecule has 0 aromatic heterocycles. The van der Waals surface area contributed by atoms with Crippen molar-refractivity contribution in [2.45, 2.75) is 13.3 Å². The third kappa shape index (κ3) is 6.77. The zero-order chi connectivity index (χ0) is 11.5. The molecule has 1 unspecified atom stereocenters. The predicted octanol–water partition coefficient (Wildman–Crippen LogP) is -0.515. The summed E-state index contributed by atoms with van der Waals surface area (Å²) >= 11 is 0. The van der Waals surface area contributed by atoms with E-state index in [1.54, 1.807) is 0 Å². The fraction of sp³-hybridized carbons (Fsp3) is 1.00. The highest BCUT2D eigenvalue weighted by molar-refractivity contribution is 4.66. The Morgan fingerprint density at radius 3 is 2.00 bits per heavy atom. The minimum absolute atomic E-state index is 0.0615. The molecule has 0 aliphatic rings. The van der Waals surface area contributed by atoms with Gasteiger partial charge in [-0.25, -0.2) is 9.78 Å². The summed E-state index contributed by atoms with van der Waals surface area (Å²) in [6.45, 7) is 1.80. The van der Waals surface area contributed by atoms with Crippen molar-refractivity contribution in [2.24, 2.45) is 11.8 Å². The molecule has 0 fully saturated rings. The number of aliphatic hydroxyl groups excluding tert-OH is 3. The van der Waals surface area contributed by atoms with Gasteiger partial charge in [0.25, 0.3) is 0 Å². The molecule has 0 aromatic carbocycles. The van der Waals surface area contributed by atoms with Gasteiger partial charge < -0.3 is 15.3 Å². The average Bonchev–Trinajstić information content (AvgIpc) is 2.27. The van der Waals surface area contributed by atoms with Crippen LogP contribution in [0.4, 0.5) is 0 Å². The Hall–Kier alpha value is -0.240. The summed E-state index contributed by atoms with van der Waals surface area (Å²) in [6, 6.07) is 0. The van der Waals surface area contributed by atoms with Gasteiger partial charge in [-0.1, -0.05) is 12.0 Å². The lowest BCUT2D eigenvalue weighted by molar-refractivity contribution is -0.515. The molecule has 0 rings (SSSR count). The van der Waals surface area contributed by atoms with Crippen LogP contribution in [0, 0.1) is 11.8 Å². The first-order valence-corrected chi connectivity index (χ1v) is 5.03.